The van der Waals surface area contributed by atoms with Crippen LogP contribution < -0.4 is 16.0 Å². The molecule has 2 aliphatic rings. The maximum Gasteiger partial charge on any atom is 0.270 e. The van der Waals surface area contributed by atoms with Crippen molar-refractivity contribution in [2.45, 2.75) is 96.9 Å². The summed E-state index contributed by atoms with van der Waals surface area (Å²) < 4.78 is 1.64. The molecule has 50 heavy (non-hydrogen) atoms. The Bertz CT molecular complexity index is 1540. The van der Waals surface area contributed by atoms with Crippen molar-refractivity contribution in [3.8, 4) is 0 Å². The molecular formula is C39H53N7O4. The van der Waals surface area contributed by atoms with Gasteiger partial charge in [0.25, 0.3) is 5.91 Å². The van der Waals surface area contributed by atoms with Crippen LogP contribution >= 0.6 is 0 Å². The highest BCUT2D eigenvalue weighted by Crippen LogP contribution is 2.26. The quantitative estimate of drug-likeness (QED) is 0.220. The summed E-state index contributed by atoms with van der Waals surface area (Å²) in [5.41, 5.74) is 3.54. The summed E-state index contributed by atoms with van der Waals surface area (Å²) in [5, 5.41) is 13.3. The Morgan fingerprint density at radius 1 is 0.800 bits per heavy atom. The number of amides is 4. The summed E-state index contributed by atoms with van der Waals surface area (Å²) in [5.74, 6) is -0.613. The fraction of sp³-hybridized carbons (Fsp3) is 0.513. The highest BCUT2D eigenvalue weighted by molar-refractivity contribution is 5.96. The molecule has 2 fully saturated rings. The number of rotatable bonds is 14. The molecule has 1 aromatic heterocycles. The molecule has 2 heterocycles. The first-order valence-corrected chi connectivity index (χ1v) is 18.4. The van der Waals surface area contributed by atoms with Crippen molar-refractivity contribution in [2.75, 3.05) is 26.2 Å². The lowest BCUT2D eigenvalue weighted by Gasteiger charge is -2.36. The van der Waals surface area contributed by atoms with Crippen molar-refractivity contribution in [2.24, 2.45) is 5.92 Å². The number of aryl methyl sites for hydroxylation is 1. The average Bonchev–Trinajstić information content (AvgIpc) is 3.48. The fourth-order valence-corrected chi connectivity index (χ4v) is 7.05. The van der Waals surface area contributed by atoms with Crippen LogP contribution in [0.1, 0.15) is 86.0 Å². The second-order valence-corrected chi connectivity index (χ2v) is 13.5. The van der Waals surface area contributed by atoms with E-state index in [1.165, 1.54) is 5.56 Å². The first-order valence-electron chi connectivity index (χ1n) is 18.4. The minimum Gasteiger partial charge on any atom is -0.350 e. The van der Waals surface area contributed by atoms with Gasteiger partial charge < -0.3 is 20.9 Å². The maximum absolute atomic E-state index is 13.7. The summed E-state index contributed by atoms with van der Waals surface area (Å²) in [6, 6.07) is 18.5. The molecule has 3 aromatic rings. The SMILES string of the molecule is CCC(=O)NC(Cc1ccc(CNC(=O)C(NC(=O)c2ccnn2CC)C2CCCCCC2)cc1)C(=O)N1CCN(Cc2ccccc2)CC1. The maximum atomic E-state index is 13.7. The van der Waals surface area contributed by atoms with E-state index in [9.17, 15) is 19.2 Å². The summed E-state index contributed by atoms with van der Waals surface area (Å²) in [4.78, 5) is 57.2. The lowest BCUT2D eigenvalue weighted by molar-refractivity contribution is -0.138. The van der Waals surface area contributed by atoms with Crippen molar-refractivity contribution in [1.82, 2.24) is 35.5 Å². The predicted octanol–water partition coefficient (Wildman–Crippen LogP) is 4.07. The molecule has 1 saturated heterocycles. The summed E-state index contributed by atoms with van der Waals surface area (Å²) >= 11 is 0. The van der Waals surface area contributed by atoms with Gasteiger partial charge in [0.1, 0.15) is 17.8 Å². The molecule has 1 aliphatic heterocycles. The third kappa shape index (κ3) is 10.3. The molecule has 5 rings (SSSR count). The number of hydrogen-bond donors (Lipinski definition) is 3. The molecule has 0 bridgehead atoms. The molecule has 2 aromatic carbocycles. The molecule has 11 heteroatoms. The highest BCUT2D eigenvalue weighted by Gasteiger charge is 2.32. The third-order valence-electron chi connectivity index (χ3n) is 10.0. The Labute approximate surface area is 296 Å². The van der Waals surface area contributed by atoms with Crippen LogP contribution in [-0.2, 0) is 40.4 Å². The number of aromatic nitrogens is 2. The number of benzene rings is 2. The average molecular weight is 684 g/mol. The number of carbonyl (C=O) groups excluding carboxylic acids is 4. The first kappa shape index (κ1) is 36.8. The van der Waals surface area contributed by atoms with E-state index < -0.39 is 12.1 Å². The van der Waals surface area contributed by atoms with Gasteiger partial charge in [-0.15, -0.1) is 0 Å². The monoisotopic (exact) mass is 683 g/mol. The van der Waals surface area contributed by atoms with Crippen LogP contribution in [-0.4, -0.2) is 81.5 Å². The van der Waals surface area contributed by atoms with Crippen LogP contribution in [0.2, 0.25) is 0 Å². The van der Waals surface area contributed by atoms with Crippen molar-refractivity contribution in [3.05, 3.63) is 89.2 Å². The molecular weight excluding hydrogens is 630 g/mol. The largest absolute Gasteiger partial charge is 0.350 e. The third-order valence-corrected chi connectivity index (χ3v) is 10.0. The highest BCUT2D eigenvalue weighted by atomic mass is 16.2. The number of piperazine rings is 1. The van der Waals surface area contributed by atoms with Gasteiger partial charge in [0.05, 0.1) is 0 Å². The summed E-state index contributed by atoms with van der Waals surface area (Å²) in [6.45, 7) is 8.25. The van der Waals surface area contributed by atoms with Gasteiger partial charge in [-0.25, -0.2) is 0 Å². The smallest absolute Gasteiger partial charge is 0.270 e. The lowest BCUT2D eigenvalue weighted by Crippen LogP contribution is -2.55. The Kier molecular flexibility index (Phi) is 13.6. The Morgan fingerprint density at radius 3 is 2.14 bits per heavy atom. The lowest BCUT2D eigenvalue weighted by atomic mass is 9.91. The Balaban J connectivity index is 1.18. The van der Waals surface area contributed by atoms with E-state index in [1.54, 1.807) is 23.9 Å². The van der Waals surface area contributed by atoms with E-state index in [-0.39, 0.29) is 29.5 Å². The van der Waals surface area contributed by atoms with Gasteiger partial charge in [-0.2, -0.15) is 5.10 Å². The second kappa shape index (κ2) is 18.5. The molecule has 3 N–H and O–H groups in total. The molecule has 11 nitrogen and oxygen atoms in total. The number of hydrogen-bond acceptors (Lipinski definition) is 6. The second-order valence-electron chi connectivity index (χ2n) is 13.5. The van der Waals surface area contributed by atoms with Gasteiger partial charge in [0.15, 0.2) is 0 Å². The van der Waals surface area contributed by atoms with Crippen LogP contribution in [0.4, 0.5) is 0 Å². The topological polar surface area (TPSA) is 129 Å². The number of nitrogens with zero attached hydrogens (tertiary/aromatic N) is 4. The Hall–Kier alpha value is -4.51. The van der Waals surface area contributed by atoms with Crippen molar-refractivity contribution >= 4 is 23.6 Å². The zero-order chi connectivity index (χ0) is 35.3. The zero-order valence-corrected chi connectivity index (χ0v) is 29.6. The normalized spacial score (nSPS) is 17.0. The van der Waals surface area contributed by atoms with E-state index in [0.717, 1.165) is 69.3 Å². The van der Waals surface area contributed by atoms with Crippen LogP contribution in [0.3, 0.4) is 0 Å². The minimum absolute atomic E-state index is 0.0592. The van der Waals surface area contributed by atoms with Crippen LogP contribution in [0.15, 0.2) is 66.9 Å². The van der Waals surface area contributed by atoms with Gasteiger partial charge in [-0.1, -0.05) is 87.2 Å². The molecule has 2 unspecified atom stereocenters. The minimum atomic E-state index is -0.651. The standard InChI is InChI=1S/C39H53N7O4/c1-3-35(47)42-33(39(50)45-24-22-44(23-25-45)28-31-12-8-7-9-13-31)26-29-16-18-30(19-17-29)27-40-38(49)36(32-14-10-5-6-11-15-32)43-37(48)34-20-21-41-46(34)4-2/h7-9,12-13,16-21,32-33,36H,3-6,10-11,14-15,22-28H2,1-2H3,(H,40,49)(H,42,47)(H,43,48). The van der Waals surface area contributed by atoms with Gasteiger partial charge in [-0.05, 0) is 48.4 Å². The van der Waals surface area contributed by atoms with E-state index in [2.05, 4.69) is 38.1 Å². The molecule has 1 aliphatic carbocycles. The molecule has 0 spiro atoms. The predicted molar refractivity (Wildman–Crippen MR) is 193 cm³/mol. The van der Waals surface area contributed by atoms with Gasteiger partial charge in [0, 0.05) is 64.9 Å². The molecule has 1 saturated carbocycles. The molecule has 2 atom stereocenters. The number of nitrogens with one attached hydrogen (secondary N) is 3. The zero-order valence-electron chi connectivity index (χ0n) is 29.6. The van der Waals surface area contributed by atoms with E-state index >= 15 is 0 Å². The van der Waals surface area contributed by atoms with Gasteiger partial charge in [-0.3, -0.25) is 28.8 Å². The summed E-state index contributed by atoms with van der Waals surface area (Å²) in [6.07, 6.45) is 8.48. The first-order chi connectivity index (χ1) is 24.3. The van der Waals surface area contributed by atoms with Gasteiger partial charge in [0.2, 0.25) is 17.7 Å². The van der Waals surface area contributed by atoms with Crippen molar-refractivity contribution in [1.29, 1.82) is 0 Å². The van der Waals surface area contributed by atoms with E-state index in [0.29, 0.717) is 44.7 Å². The number of carbonyl (C=O) groups is 4. The van der Waals surface area contributed by atoms with Crippen LogP contribution in [0, 0.1) is 5.92 Å². The molecule has 268 valence electrons. The van der Waals surface area contributed by atoms with Crippen LogP contribution in [0.5, 0.6) is 0 Å². The van der Waals surface area contributed by atoms with Crippen LogP contribution in [0.25, 0.3) is 0 Å². The molecule has 0 radical (unpaired) electrons. The molecule has 4 amide bonds. The van der Waals surface area contributed by atoms with E-state index in [1.807, 2.05) is 54.3 Å². The summed E-state index contributed by atoms with van der Waals surface area (Å²) in [7, 11) is 0. The Morgan fingerprint density at radius 2 is 1.48 bits per heavy atom. The van der Waals surface area contributed by atoms with Gasteiger partial charge >= 0.3 is 0 Å². The van der Waals surface area contributed by atoms with E-state index in [4.69, 9.17) is 0 Å². The van der Waals surface area contributed by atoms with Crippen molar-refractivity contribution in [3.63, 3.8) is 0 Å². The van der Waals surface area contributed by atoms with Crippen molar-refractivity contribution < 1.29 is 19.2 Å². The fourth-order valence-electron chi connectivity index (χ4n) is 7.05.